The maximum absolute atomic E-state index is 11.7. The molecule has 1 amide bonds. The highest BCUT2D eigenvalue weighted by atomic mass is 127. The van der Waals surface area contributed by atoms with E-state index in [1.54, 1.807) is 18.2 Å². The zero-order valence-corrected chi connectivity index (χ0v) is 12.8. The summed E-state index contributed by atoms with van der Waals surface area (Å²) in [5.74, 6) is -0.110. The molecule has 1 saturated carbocycles. The van der Waals surface area contributed by atoms with E-state index in [0.29, 0.717) is 11.5 Å². The van der Waals surface area contributed by atoms with Gasteiger partial charge in [0.05, 0.1) is 5.56 Å². The van der Waals surface area contributed by atoms with E-state index < -0.39 is 5.97 Å². The Hall–Kier alpha value is -1.11. The molecule has 1 aromatic carbocycles. The Morgan fingerprint density at radius 3 is 2.84 bits per heavy atom. The lowest BCUT2D eigenvalue weighted by Crippen LogP contribution is -2.37. The average Bonchev–Trinajstić information content (AvgIpc) is 3.20. The molecule has 1 fully saturated rings. The van der Waals surface area contributed by atoms with Gasteiger partial charge in [-0.1, -0.05) is 6.07 Å². The van der Waals surface area contributed by atoms with Crippen LogP contribution in [0.4, 0.5) is 0 Å². The summed E-state index contributed by atoms with van der Waals surface area (Å²) in [4.78, 5) is 23.3. The zero-order valence-electron chi connectivity index (χ0n) is 10.7. The Morgan fingerprint density at radius 2 is 2.21 bits per heavy atom. The molecule has 1 aromatic rings. The van der Waals surface area contributed by atoms with Crippen molar-refractivity contribution in [3.05, 3.63) is 33.4 Å². The van der Waals surface area contributed by atoms with Crippen molar-refractivity contribution >= 4 is 34.5 Å². The lowest BCUT2D eigenvalue weighted by molar-refractivity contribution is -0.124. The van der Waals surface area contributed by atoms with Crippen LogP contribution in [0.3, 0.4) is 0 Å². The third-order valence-electron chi connectivity index (χ3n) is 3.11. The van der Waals surface area contributed by atoms with Crippen molar-refractivity contribution in [1.29, 1.82) is 0 Å². The summed E-state index contributed by atoms with van der Waals surface area (Å²) >= 11 is 2.12. The van der Waals surface area contributed by atoms with Crippen molar-refractivity contribution in [3.8, 4) is 0 Å². The van der Waals surface area contributed by atoms with Crippen LogP contribution in [0.15, 0.2) is 24.3 Å². The van der Waals surface area contributed by atoms with E-state index in [0.717, 1.165) is 3.57 Å². The molecule has 0 radical (unpaired) electrons. The largest absolute Gasteiger partial charge is 0.452 e. The van der Waals surface area contributed by atoms with Gasteiger partial charge >= 0.3 is 5.97 Å². The second-order valence-corrected chi connectivity index (χ2v) is 6.03. The van der Waals surface area contributed by atoms with Gasteiger partial charge in [0.15, 0.2) is 6.61 Å². The monoisotopic (exact) mass is 373 g/mol. The van der Waals surface area contributed by atoms with Gasteiger partial charge in [0, 0.05) is 9.61 Å². The number of benzene rings is 1. The minimum absolute atomic E-state index is 0.170. The molecule has 0 unspecified atom stereocenters. The highest BCUT2D eigenvalue weighted by Gasteiger charge is 2.28. The molecule has 4 nitrogen and oxygen atoms in total. The molecule has 5 heteroatoms. The van der Waals surface area contributed by atoms with Gasteiger partial charge in [0.1, 0.15) is 0 Å². The third kappa shape index (κ3) is 4.49. The van der Waals surface area contributed by atoms with Gasteiger partial charge in [-0.3, -0.25) is 4.79 Å². The normalized spacial score (nSPS) is 15.7. The minimum atomic E-state index is -0.465. The number of halogens is 1. The molecule has 0 bridgehead atoms. The van der Waals surface area contributed by atoms with E-state index in [1.807, 2.05) is 13.0 Å². The Kier molecular flexibility index (Phi) is 4.79. The van der Waals surface area contributed by atoms with Gasteiger partial charge in [-0.25, -0.2) is 4.79 Å². The number of nitrogens with one attached hydrogen (secondary N) is 1. The SMILES string of the molecule is C[C@@H](NC(=O)COC(=O)c1cccc(I)c1)C1CC1. The van der Waals surface area contributed by atoms with Gasteiger partial charge < -0.3 is 10.1 Å². The van der Waals surface area contributed by atoms with E-state index in [4.69, 9.17) is 4.74 Å². The van der Waals surface area contributed by atoms with Crippen LogP contribution < -0.4 is 5.32 Å². The van der Waals surface area contributed by atoms with Crippen molar-refractivity contribution in [2.45, 2.75) is 25.8 Å². The van der Waals surface area contributed by atoms with E-state index in [1.165, 1.54) is 12.8 Å². The first-order valence-electron chi connectivity index (χ1n) is 6.28. The predicted octanol–water partition coefficient (Wildman–Crippen LogP) is 2.36. The number of esters is 1. The molecule has 102 valence electrons. The van der Waals surface area contributed by atoms with Crippen LogP contribution in [-0.2, 0) is 9.53 Å². The summed E-state index contributed by atoms with van der Waals surface area (Å²) in [6.07, 6.45) is 2.34. The average molecular weight is 373 g/mol. The van der Waals surface area contributed by atoms with Crippen LogP contribution >= 0.6 is 22.6 Å². The highest BCUT2D eigenvalue weighted by Crippen LogP contribution is 2.32. The second-order valence-electron chi connectivity index (χ2n) is 4.78. The number of rotatable bonds is 5. The maximum atomic E-state index is 11.7. The fourth-order valence-corrected chi connectivity index (χ4v) is 2.38. The van der Waals surface area contributed by atoms with Crippen molar-refractivity contribution in [2.75, 3.05) is 6.61 Å². The van der Waals surface area contributed by atoms with Crippen LogP contribution in [0.25, 0.3) is 0 Å². The first-order valence-corrected chi connectivity index (χ1v) is 7.36. The van der Waals surface area contributed by atoms with Gasteiger partial charge in [-0.2, -0.15) is 0 Å². The molecule has 0 saturated heterocycles. The third-order valence-corrected chi connectivity index (χ3v) is 3.78. The molecule has 1 atom stereocenters. The lowest BCUT2D eigenvalue weighted by Gasteiger charge is -2.12. The fraction of sp³-hybridized carbons (Fsp3) is 0.429. The molecule has 19 heavy (non-hydrogen) atoms. The topological polar surface area (TPSA) is 55.4 Å². The predicted molar refractivity (Wildman–Crippen MR) is 79.8 cm³/mol. The van der Waals surface area contributed by atoms with Crippen LogP contribution in [-0.4, -0.2) is 24.5 Å². The molecule has 1 aliphatic rings. The first-order chi connectivity index (χ1) is 9.06. The van der Waals surface area contributed by atoms with Crippen LogP contribution in [0.5, 0.6) is 0 Å². The molecule has 1 N–H and O–H groups in total. The van der Waals surface area contributed by atoms with Crippen LogP contribution in [0, 0.1) is 9.49 Å². The highest BCUT2D eigenvalue weighted by molar-refractivity contribution is 14.1. The number of hydrogen-bond donors (Lipinski definition) is 1. The molecular weight excluding hydrogens is 357 g/mol. The van der Waals surface area contributed by atoms with Gasteiger partial charge in [-0.05, 0) is 66.5 Å². The number of carbonyl (C=O) groups excluding carboxylic acids is 2. The fourth-order valence-electron chi connectivity index (χ4n) is 1.84. The molecule has 0 aromatic heterocycles. The lowest BCUT2D eigenvalue weighted by atomic mass is 10.2. The second kappa shape index (κ2) is 6.36. The Bertz CT molecular complexity index is 485. The Labute approximate surface area is 126 Å². The molecule has 1 aliphatic carbocycles. The van der Waals surface area contributed by atoms with Gasteiger partial charge in [0.25, 0.3) is 5.91 Å². The summed E-state index contributed by atoms with van der Waals surface area (Å²) in [5.41, 5.74) is 0.468. The minimum Gasteiger partial charge on any atom is -0.452 e. The van der Waals surface area contributed by atoms with Crippen molar-refractivity contribution in [1.82, 2.24) is 5.32 Å². The smallest absolute Gasteiger partial charge is 0.338 e. The zero-order chi connectivity index (χ0) is 13.8. The Balaban J connectivity index is 1.78. The maximum Gasteiger partial charge on any atom is 0.338 e. The van der Waals surface area contributed by atoms with Gasteiger partial charge in [-0.15, -0.1) is 0 Å². The molecule has 0 aliphatic heterocycles. The van der Waals surface area contributed by atoms with E-state index in [-0.39, 0.29) is 18.6 Å². The molecule has 0 heterocycles. The van der Waals surface area contributed by atoms with Crippen LogP contribution in [0.1, 0.15) is 30.1 Å². The standard InChI is InChI=1S/C14H16INO3/c1-9(10-5-6-10)16-13(17)8-19-14(18)11-3-2-4-12(15)7-11/h2-4,7,9-10H,5-6,8H2,1H3,(H,16,17)/t9-/m1/s1. The summed E-state index contributed by atoms with van der Waals surface area (Å²) in [5, 5.41) is 2.84. The van der Waals surface area contributed by atoms with Crippen LogP contribution in [0.2, 0.25) is 0 Å². The van der Waals surface area contributed by atoms with Crippen molar-refractivity contribution < 1.29 is 14.3 Å². The number of ether oxygens (including phenoxy) is 1. The quantitative estimate of drug-likeness (QED) is 0.637. The summed E-state index contributed by atoms with van der Waals surface area (Å²) < 4.78 is 5.95. The number of carbonyl (C=O) groups is 2. The van der Waals surface area contributed by atoms with E-state index in [9.17, 15) is 9.59 Å². The first kappa shape index (κ1) is 14.3. The summed E-state index contributed by atoms with van der Waals surface area (Å²) in [6, 6.07) is 7.25. The Morgan fingerprint density at radius 1 is 1.47 bits per heavy atom. The van der Waals surface area contributed by atoms with Gasteiger partial charge in [0.2, 0.25) is 0 Å². The van der Waals surface area contributed by atoms with Crippen molar-refractivity contribution in [3.63, 3.8) is 0 Å². The molecular formula is C14H16INO3. The molecule has 0 spiro atoms. The van der Waals surface area contributed by atoms with E-state index >= 15 is 0 Å². The van der Waals surface area contributed by atoms with Crippen molar-refractivity contribution in [2.24, 2.45) is 5.92 Å². The number of hydrogen-bond acceptors (Lipinski definition) is 3. The summed E-state index contributed by atoms with van der Waals surface area (Å²) in [7, 11) is 0. The van der Waals surface area contributed by atoms with E-state index in [2.05, 4.69) is 27.9 Å². The summed E-state index contributed by atoms with van der Waals surface area (Å²) in [6.45, 7) is 1.76. The molecule has 2 rings (SSSR count). The number of amides is 1.